The van der Waals surface area contributed by atoms with Gasteiger partial charge < -0.3 is 14.3 Å². The maximum absolute atomic E-state index is 12.1. The van der Waals surface area contributed by atoms with Crippen molar-refractivity contribution < 1.29 is 9.21 Å². The molecular formula is C15H11Br2ClN4O2S. The second-order valence-corrected chi connectivity index (χ2v) is 7.98. The lowest BCUT2D eigenvalue weighted by Gasteiger charge is -2.07. The molecule has 3 rings (SSSR count). The Balaban J connectivity index is 1.63. The van der Waals surface area contributed by atoms with Crippen LogP contribution in [-0.2, 0) is 11.8 Å². The summed E-state index contributed by atoms with van der Waals surface area (Å²) in [6.45, 7) is 0. The van der Waals surface area contributed by atoms with E-state index in [-0.39, 0.29) is 11.7 Å². The SMILES string of the molecule is Cn1c(SCC(=O)Nc2ccc(Br)cc2Cl)nnc1-c1ccc(Br)o1. The molecule has 10 heteroatoms. The van der Waals surface area contributed by atoms with Gasteiger partial charge in [-0.1, -0.05) is 39.3 Å². The molecule has 0 radical (unpaired) electrons. The van der Waals surface area contributed by atoms with E-state index in [2.05, 4.69) is 47.4 Å². The topological polar surface area (TPSA) is 73.0 Å². The molecular weight excluding hydrogens is 496 g/mol. The number of thioether (sulfide) groups is 1. The number of nitrogens with one attached hydrogen (secondary N) is 1. The van der Waals surface area contributed by atoms with Crippen molar-refractivity contribution in [3.05, 3.63) is 44.5 Å². The van der Waals surface area contributed by atoms with E-state index in [0.717, 1.165) is 4.47 Å². The van der Waals surface area contributed by atoms with Gasteiger partial charge in [-0.2, -0.15) is 0 Å². The van der Waals surface area contributed by atoms with Gasteiger partial charge in [0.25, 0.3) is 0 Å². The molecule has 0 atom stereocenters. The smallest absolute Gasteiger partial charge is 0.234 e. The number of carbonyl (C=O) groups is 1. The number of aromatic nitrogens is 3. The van der Waals surface area contributed by atoms with Crippen molar-refractivity contribution in [1.82, 2.24) is 14.8 Å². The van der Waals surface area contributed by atoms with Gasteiger partial charge in [-0.3, -0.25) is 4.79 Å². The Bertz CT molecular complexity index is 928. The summed E-state index contributed by atoms with van der Waals surface area (Å²) in [6.07, 6.45) is 0. The molecule has 1 N–H and O–H groups in total. The molecule has 2 aromatic heterocycles. The van der Waals surface area contributed by atoms with Crippen LogP contribution in [0, 0.1) is 0 Å². The summed E-state index contributed by atoms with van der Waals surface area (Å²) in [4.78, 5) is 12.1. The Hall–Kier alpha value is -1.29. The first-order chi connectivity index (χ1) is 11.9. The van der Waals surface area contributed by atoms with Gasteiger partial charge in [-0.25, -0.2) is 0 Å². The van der Waals surface area contributed by atoms with Gasteiger partial charge in [-0.15, -0.1) is 10.2 Å². The second kappa shape index (κ2) is 7.94. The number of anilines is 1. The Kier molecular flexibility index (Phi) is 5.88. The van der Waals surface area contributed by atoms with E-state index >= 15 is 0 Å². The largest absolute Gasteiger partial charge is 0.446 e. The van der Waals surface area contributed by atoms with Crippen LogP contribution >= 0.6 is 55.2 Å². The predicted molar refractivity (Wildman–Crippen MR) is 105 cm³/mol. The molecule has 25 heavy (non-hydrogen) atoms. The zero-order valence-corrected chi connectivity index (χ0v) is 17.5. The molecule has 0 aliphatic carbocycles. The van der Waals surface area contributed by atoms with Crippen molar-refractivity contribution in [2.45, 2.75) is 5.16 Å². The molecule has 0 aliphatic heterocycles. The van der Waals surface area contributed by atoms with Gasteiger partial charge in [0, 0.05) is 11.5 Å². The molecule has 6 nitrogen and oxygen atoms in total. The summed E-state index contributed by atoms with van der Waals surface area (Å²) in [6, 6.07) is 8.85. The average Bonchev–Trinajstić information content (AvgIpc) is 3.14. The summed E-state index contributed by atoms with van der Waals surface area (Å²) in [5.74, 6) is 1.18. The number of rotatable bonds is 5. The zero-order chi connectivity index (χ0) is 18.0. The minimum Gasteiger partial charge on any atom is -0.446 e. The second-order valence-electron chi connectivity index (χ2n) is 4.93. The monoisotopic (exact) mass is 504 g/mol. The number of hydrogen-bond donors (Lipinski definition) is 1. The Morgan fingerprint density at radius 3 is 2.80 bits per heavy atom. The number of halogens is 3. The molecule has 1 aromatic carbocycles. The fourth-order valence-corrected chi connectivity index (χ4v) is 3.74. The maximum Gasteiger partial charge on any atom is 0.234 e. The molecule has 1 amide bonds. The number of benzene rings is 1. The summed E-state index contributed by atoms with van der Waals surface area (Å²) < 4.78 is 8.72. The number of nitrogens with zero attached hydrogens (tertiary/aromatic N) is 3. The minimum atomic E-state index is -0.181. The fraction of sp³-hybridized carbons (Fsp3) is 0.133. The highest BCUT2D eigenvalue weighted by atomic mass is 79.9. The number of furan rings is 1. The van der Waals surface area contributed by atoms with E-state index in [1.807, 2.05) is 13.1 Å². The number of hydrogen-bond acceptors (Lipinski definition) is 5. The highest BCUT2D eigenvalue weighted by molar-refractivity contribution is 9.10. The molecule has 0 unspecified atom stereocenters. The molecule has 0 saturated heterocycles. The van der Waals surface area contributed by atoms with Crippen LogP contribution in [0.4, 0.5) is 5.69 Å². The number of carbonyl (C=O) groups excluding carboxylic acids is 1. The van der Waals surface area contributed by atoms with Crippen LogP contribution in [0.5, 0.6) is 0 Å². The van der Waals surface area contributed by atoms with Crippen LogP contribution in [0.25, 0.3) is 11.6 Å². The van der Waals surface area contributed by atoms with Crippen LogP contribution in [0.1, 0.15) is 0 Å². The Labute approximate surface area is 169 Å². The Morgan fingerprint density at radius 2 is 2.12 bits per heavy atom. The molecule has 0 aliphatic rings. The van der Waals surface area contributed by atoms with E-state index < -0.39 is 0 Å². The van der Waals surface area contributed by atoms with Gasteiger partial charge in [0.05, 0.1) is 16.5 Å². The lowest BCUT2D eigenvalue weighted by atomic mass is 10.3. The first-order valence-corrected chi connectivity index (χ1v) is 9.92. The molecule has 3 aromatic rings. The van der Waals surface area contributed by atoms with E-state index in [9.17, 15) is 4.79 Å². The Morgan fingerprint density at radius 1 is 1.32 bits per heavy atom. The van der Waals surface area contributed by atoms with E-state index in [0.29, 0.717) is 32.1 Å². The summed E-state index contributed by atoms with van der Waals surface area (Å²) in [7, 11) is 1.82. The van der Waals surface area contributed by atoms with Crippen molar-refractivity contribution >= 4 is 66.8 Å². The lowest BCUT2D eigenvalue weighted by molar-refractivity contribution is -0.113. The summed E-state index contributed by atoms with van der Waals surface area (Å²) in [5.41, 5.74) is 0.564. The summed E-state index contributed by atoms with van der Waals surface area (Å²) >= 11 is 14.0. The fourth-order valence-electron chi connectivity index (χ4n) is 2.00. The van der Waals surface area contributed by atoms with Gasteiger partial charge in [-0.05, 0) is 46.3 Å². The van der Waals surface area contributed by atoms with Crippen molar-refractivity contribution in [1.29, 1.82) is 0 Å². The van der Waals surface area contributed by atoms with Gasteiger partial charge >= 0.3 is 0 Å². The lowest BCUT2D eigenvalue weighted by Crippen LogP contribution is -2.14. The third-order valence-corrected chi connectivity index (χ3v) is 5.42. The molecule has 130 valence electrons. The third-order valence-electron chi connectivity index (χ3n) is 3.17. The van der Waals surface area contributed by atoms with Crippen LogP contribution < -0.4 is 5.32 Å². The summed E-state index contributed by atoms with van der Waals surface area (Å²) in [5, 5.41) is 12.1. The normalized spacial score (nSPS) is 10.9. The highest BCUT2D eigenvalue weighted by Crippen LogP contribution is 2.28. The van der Waals surface area contributed by atoms with Crippen LogP contribution in [0.3, 0.4) is 0 Å². The highest BCUT2D eigenvalue weighted by Gasteiger charge is 2.16. The quantitative estimate of drug-likeness (QED) is 0.494. The standard InChI is InChI=1S/C15H11Br2ClN4O2S/c1-22-14(11-4-5-12(17)24-11)20-21-15(22)25-7-13(23)19-10-3-2-8(16)6-9(10)18/h2-6H,7H2,1H3,(H,19,23). The zero-order valence-electron chi connectivity index (χ0n) is 12.8. The third kappa shape index (κ3) is 4.46. The van der Waals surface area contributed by atoms with Crippen molar-refractivity contribution in [2.24, 2.45) is 7.05 Å². The first-order valence-electron chi connectivity index (χ1n) is 6.97. The van der Waals surface area contributed by atoms with E-state index in [4.69, 9.17) is 16.0 Å². The van der Waals surface area contributed by atoms with E-state index in [1.54, 1.807) is 28.8 Å². The van der Waals surface area contributed by atoms with Gasteiger partial charge in [0.1, 0.15) is 0 Å². The average molecular weight is 507 g/mol. The molecule has 2 heterocycles. The predicted octanol–water partition coefficient (Wildman–Crippen LogP) is 4.98. The van der Waals surface area contributed by atoms with E-state index in [1.165, 1.54) is 11.8 Å². The molecule has 0 saturated carbocycles. The van der Waals surface area contributed by atoms with Gasteiger partial charge in [0.2, 0.25) is 5.91 Å². The van der Waals surface area contributed by atoms with Crippen LogP contribution in [0.15, 0.2) is 49.0 Å². The molecule has 0 spiro atoms. The van der Waals surface area contributed by atoms with Gasteiger partial charge in [0.15, 0.2) is 21.4 Å². The maximum atomic E-state index is 12.1. The first kappa shape index (κ1) is 18.5. The van der Waals surface area contributed by atoms with Crippen LogP contribution in [-0.4, -0.2) is 26.4 Å². The van der Waals surface area contributed by atoms with Crippen molar-refractivity contribution in [3.8, 4) is 11.6 Å². The van der Waals surface area contributed by atoms with Crippen molar-refractivity contribution in [2.75, 3.05) is 11.1 Å². The van der Waals surface area contributed by atoms with Crippen LogP contribution in [0.2, 0.25) is 5.02 Å². The molecule has 0 fully saturated rings. The molecule has 0 bridgehead atoms. The van der Waals surface area contributed by atoms with Crippen molar-refractivity contribution in [3.63, 3.8) is 0 Å². The minimum absolute atomic E-state index is 0.181. The number of amides is 1.